The number of nitrogen functional groups attached to an aromatic ring is 2. The van der Waals surface area contributed by atoms with Gasteiger partial charge in [0.15, 0.2) is 40.5 Å². The number of nitrogens with one attached hydrogen (secondary N) is 1. The van der Waals surface area contributed by atoms with Crippen molar-refractivity contribution >= 4 is 64.4 Å². The second-order valence-electron chi connectivity index (χ2n) is 9.36. The molecule has 2 fully saturated rings. The average molecular weight is 648 g/mol. The monoisotopic (exact) mass is 647 g/mol. The minimum atomic E-state index is -4.19. The van der Waals surface area contributed by atoms with Gasteiger partial charge in [-0.15, -0.1) is 5.10 Å². The van der Waals surface area contributed by atoms with Crippen LogP contribution in [0.3, 0.4) is 0 Å². The van der Waals surface area contributed by atoms with Crippen LogP contribution >= 0.6 is 18.5 Å². The van der Waals surface area contributed by atoms with Crippen molar-refractivity contribution in [3.05, 3.63) is 23.0 Å². The molecule has 2 aliphatic heterocycles. The minimum absolute atomic E-state index is 0.0374. The Hall–Kier alpha value is -2.91. The number of thioether (sulfide) groups is 1. The summed E-state index contributed by atoms with van der Waals surface area (Å²) in [6, 6.07) is 0. The van der Waals surface area contributed by atoms with Crippen LogP contribution in [0.5, 0.6) is 0 Å². The molecule has 2 saturated heterocycles. The number of aromatic nitrogens is 9. The van der Waals surface area contributed by atoms with Crippen molar-refractivity contribution in [2.75, 3.05) is 24.7 Å². The molecular formula is C20H24F2N11O6PS2. The largest absolute Gasteiger partial charge is 0.382 e. The van der Waals surface area contributed by atoms with E-state index in [4.69, 9.17) is 41.8 Å². The summed E-state index contributed by atoms with van der Waals surface area (Å²) in [4.78, 5) is 41.6. The average Bonchev–Trinajstić information content (AvgIpc) is 3.63. The number of nitrogens with two attached hydrogens (primary N) is 2. The molecule has 6 rings (SSSR count). The third kappa shape index (κ3) is 5.46. The number of H-pyrrole nitrogens is 1. The Bertz CT molecular complexity index is 1730. The predicted molar refractivity (Wildman–Crippen MR) is 148 cm³/mol. The number of rotatable bonds is 4. The molecule has 2 aliphatic rings. The fourth-order valence-electron chi connectivity index (χ4n) is 4.60. The molecule has 0 saturated carbocycles. The first kappa shape index (κ1) is 29.2. The number of aromatic amines is 1. The first-order chi connectivity index (χ1) is 20.0. The lowest BCUT2D eigenvalue weighted by atomic mass is 10.2. The van der Waals surface area contributed by atoms with Crippen molar-refractivity contribution in [2.24, 2.45) is 0 Å². The Kier molecular flexibility index (Phi) is 7.85. The van der Waals surface area contributed by atoms with Crippen molar-refractivity contribution in [1.82, 2.24) is 44.5 Å². The molecule has 0 aliphatic carbocycles. The van der Waals surface area contributed by atoms with Crippen molar-refractivity contribution in [3.8, 4) is 0 Å². The summed E-state index contributed by atoms with van der Waals surface area (Å²) in [7, 11) is 0. The summed E-state index contributed by atoms with van der Waals surface area (Å²) in [5.74, 6) is -0.0667. The zero-order valence-electron chi connectivity index (χ0n) is 21.6. The lowest BCUT2D eigenvalue weighted by Crippen LogP contribution is -2.36. The smallest absolute Gasteiger partial charge is 0.325 e. The van der Waals surface area contributed by atoms with E-state index in [9.17, 15) is 9.69 Å². The molecule has 6 heterocycles. The summed E-state index contributed by atoms with van der Waals surface area (Å²) in [6.07, 6.45) is -4.83. The van der Waals surface area contributed by atoms with E-state index in [-0.39, 0.29) is 47.1 Å². The van der Waals surface area contributed by atoms with E-state index in [1.54, 1.807) is 6.92 Å². The number of nitrogens with zero attached hydrogens (tertiary/aromatic N) is 8. The summed E-state index contributed by atoms with van der Waals surface area (Å²) in [5.41, 5.74) is 10.3. The van der Waals surface area contributed by atoms with Crippen LogP contribution in [0.1, 0.15) is 24.9 Å². The normalized spacial score (nSPS) is 31.6. The predicted octanol–water partition coefficient (Wildman–Crippen LogP) is 0.709. The third-order valence-electron chi connectivity index (χ3n) is 6.59. The molecule has 0 aromatic carbocycles. The van der Waals surface area contributed by atoms with Gasteiger partial charge in [-0.25, -0.2) is 23.7 Å². The van der Waals surface area contributed by atoms with Gasteiger partial charge in [-0.1, -0.05) is 17.0 Å². The summed E-state index contributed by atoms with van der Waals surface area (Å²) >= 11 is 6.14. The van der Waals surface area contributed by atoms with Crippen LogP contribution in [0.15, 0.2) is 17.4 Å². The molecule has 226 valence electrons. The van der Waals surface area contributed by atoms with E-state index in [2.05, 4.69) is 35.2 Å². The van der Waals surface area contributed by atoms with E-state index in [1.165, 1.54) is 21.9 Å². The Morgan fingerprint density at radius 3 is 2.90 bits per heavy atom. The number of halogens is 2. The van der Waals surface area contributed by atoms with Crippen LogP contribution < -0.4 is 17.0 Å². The molecule has 2 bridgehead atoms. The SMILES string of the molecule is C[C@@H](O[C@@H]1COP(O)(=S)O[C@@H]2[C@H](F)C(OCC[C@H]1F)S[C@H]2n1cnc2c(=O)[nH]c(N)nc21)n1nnc2c(N)ncnc21. The topological polar surface area (TPSA) is 229 Å². The second-order valence-corrected chi connectivity index (χ2v) is 13.4. The Balaban J connectivity index is 1.25. The van der Waals surface area contributed by atoms with Gasteiger partial charge in [0.05, 0.1) is 19.5 Å². The molecule has 2 unspecified atom stereocenters. The highest BCUT2D eigenvalue weighted by atomic mass is 32.5. The molecule has 17 nitrogen and oxygen atoms in total. The molecule has 6 N–H and O–H groups in total. The van der Waals surface area contributed by atoms with E-state index < -0.39 is 60.5 Å². The molecule has 4 aromatic rings. The molecule has 0 spiro atoms. The first-order valence-electron chi connectivity index (χ1n) is 12.4. The van der Waals surface area contributed by atoms with Crippen LogP contribution in [0.2, 0.25) is 0 Å². The molecule has 0 amide bonds. The van der Waals surface area contributed by atoms with Gasteiger partial charge in [0, 0.05) is 6.42 Å². The van der Waals surface area contributed by atoms with E-state index in [0.717, 1.165) is 11.8 Å². The maximum absolute atomic E-state index is 15.7. The van der Waals surface area contributed by atoms with Crippen LogP contribution in [-0.2, 0) is 30.3 Å². The highest BCUT2D eigenvalue weighted by Crippen LogP contribution is 2.55. The minimum Gasteiger partial charge on any atom is -0.382 e. The standard InChI is InChI=1S/C20H24F2N11O6PS2/c1-7(33-15-11(30-31-33)14(23)25-5-26-15)38-9-4-37-40(35,41)39-13-10(22)19(36-3-2-8(9)21)42-18(13)32-6-27-12-16(32)28-20(24)29-17(12)34/h5-10,13,18-19H,2-4H2,1H3,(H,35,41)(H2,23,25,26)(H3,24,28,29,34)/t7-,8-,9-,10+,13-,18-,19?,40?/m1/s1. The lowest BCUT2D eigenvalue weighted by Gasteiger charge is -2.29. The number of imidazole rings is 1. The van der Waals surface area contributed by atoms with Gasteiger partial charge in [0.1, 0.15) is 35.5 Å². The molecule has 42 heavy (non-hydrogen) atoms. The fraction of sp³-hybridized carbons (Fsp3) is 0.550. The summed E-state index contributed by atoms with van der Waals surface area (Å²) in [6.45, 7) is -3.35. The molecule has 0 radical (unpaired) electrons. The van der Waals surface area contributed by atoms with Crippen LogP contribution in [0.25, 0.3) is 22.3 Å². The van der Waals surface area contributed by atoms with Gasteiger partial charge in [0.25, 0.3) is 5.56 Å². The molecular weight excluding hydrogens is 623 g/mol. The van der Waals surface area contributed by atoms with Gasteiger partial charge < -0.3 is 30.4 Å². The van der Waals surface area contributed by atoms with Gasteiger partial charge in [0.2, 0.25) is 5.95 Å². The highest BCUT2D eigenvalue weighted by Gasteiger charge is 2.50. The summed E-state index contributed by atoms with van der Waals surface area (Å²) in [5, 5.41) is 6.96. The molecule has 22 heteroatoms. The van der Waals surface area contributed by atoms with Gasteiger partial charge in [-0.05, 0) is 18.7 Å². The quantitative estimate of drug-likeness (QED) is 0.224. The van der Waals surface area contributed by atoms with Crippen molar-refractivity contribution < 1.29 is 32.2 Å². The summed E-state index contributed by atoms with van der Waals surface area (Å²) < 4.78 is 56.5. The zero-order chi connectivity index (χ0) is 29.8. The van der Waals surface area contributed by atoms with Gasteiger partial charge in [-0.3, -0.25) is 18.9 Å². The number of fused-ring (bicyclic) bond motifs is 4. The maximum Gasteiger partial charge on any atom is 0.325 e. The number of ether oxygens (including phenoxy) is 2. The van der Waals surface area contributed by atoms with Gasteiger partial charge >= 0.3 is 6.72 Å². The molecule has 4 aromatic heterocycles. The second kappa shape index (κ2) is 11.3. The van der Waals surface area contributed by atoms with E-state index in [1.807, 2.05) is 0 Å². The number of anilines is 2. The van der Waals surface area contributed by atoms with Crippen molar-refractivity contribution in [2.45, 2.75) is 54.9 Å². The van der Waals surface area contributed by atoms with Crippen LogP contribution in [0, 0.1) is 0 Å². The van der Waals surface area contributed by atoms with Crippen LogP contribution in [0.4, 0.5) is 20.5 Å². The highest BCUT2D eigenvalue weighted by molar-refractivity contribution is 8.07. The number of hydrogen-bond acceptors (Lipinski definition) is 15. The van der Waals surface area contributed by atoms with Crippen LogP contribution in [-0.4, -0.2) is 92.6 Å². The zero-order valence-corrected chi connectivity index (χ0v) is 24.1. The molecule has 8 atom stereocenters. The lowest BCUT2D eigenvalue weighted by molar-refractivity contribution is -0.108. The Labute approximate surface area is 243 Å². The third-order valence-corrected chi connectivity index (χ3v) is 9.59. The van der Waals surface area contributed by atoms with E-state index >= 15 is 8.78 Å². The van der Waals surface area contributed by atoms with Gasteiger partial charge in [-0.2, -0.15) is 9.67 Å². The van der Waals surface area contributed by atoms with E-state index in [0.29, 0.717) is 0 Å². The first-order valence-corrected chi connectivity index (χ1v) is 16.0. The maximum atomic E-state index is 15.7. The Morgan fingerprint density at radius 2 is 2.10 bits per heavy atom. The van der Waals surface area contributed by atoms with Crippen molar-refractivity contribution in [3.63, 3.8) is 0 Å². The van der Waals surface area contributed by atoms with Crippen molar-refractivity contribution in [1.29, 1.82) is 0 Å². The number of hydrogen-bond donors (Lipinski definition) is 4. The fourth-order valence-corrected chi connectivity index (χ4v) is 7.50. The Morgan fingerprint density at radius 1 is 1.29 bits per heavy atom. The number of alkyl halides is 2.